The van der Waals surface area contributed by atoms with Gasteiger partial charge in [0.25, 0.3) is 0 Å². The van der Waals surface area contributed by atoms with Gasteiger partial charge in [-0.15, -0.1) is 0 Å². The fraction of sp³-hybridized carbons (Fsp3) is 0. The number of carbonyl (C=O) groups is 1. The molecular formula is C21H12Br2O3. The smallest absolute Gasteiger partial charge is 0.197 e. The number of carbonyl (C=O) groups excluding carboxylic acids is 1. The number of furan rings is 1. The maximum absolute atomic E-state index is 13.3. The van der Waals surface area contributed by atoms with E-state index in [9.17, 15) is 9.90 Å². The molecular weight excluding hydrogens is 460 g/mol. The van der Waals surface area contributed by atoms with Crippen LogP contribution in [0.25, 0.3) is 22.3 Å². The van der Waals surface area contributed by atoms with Crippen LogP contribution < -0.4 is 0 Å². The fourth-order valence-electron chi connectivity index (χ4n) is 2.90. The van der Waals surface area contributed by atoms with E-state index in [4.69, 9.17) is 4.42 Å². The third kappa shape index (κ3) is 2.87. The monoisotopic (exact) mass is 470 g/mol. The number of hydrogen-bond acceptors (Lipinski definition) is 3. The van der Waals surface area contributed by atoms with Gasteiger partial charge in [-0.25, -0.2) is 0 Å². The molecule has 0 aliphatic carbocycles. The summed E-state index contributed by atoms with van der Waals surface area (Å²) in [4.78, 5) is 13.3. The van der Waals surface area contributed by atoms with E-state index in [0.29, 0.717) is 31.4 Å². The molecule has 0 unspecified atom stereocenters. The minimum Gasteiger partial charge on any atom is -0.506 e. The van der Waals surface area contributed by atoms with Gasteiger partial charge in [0.15, 0.2) is 5.78 Å². The molecule has 1 heterocycles. The van der Waals surface area contributed by atoms with Gasteiger partial charge < -0.3 is 9.52 Å². The quantitative estimate of drug-likeness (QED) is 0.344. The molecule has 0 spiro atoms. The maximum atomic E-state index is 13.3. The molecule has 4 rings (SSSR count). The van der Waals surface area contributed by atoms with Gasteiger partial charge in [-0.05, 0) is 50.1 Å². The third-order valence-corrected chi connectivity index (χ3v) is 5.35. The fourth-order valence-corrected chi connectivity index (χ4v) is 4.09. The van der Waals surface area contributed by atoms with Crippen LogP contribution in [0.3, 0.4) is 0 Å². The van der Waals surface area contributed by atoms with Gasteiger partial charge >= 0.3 is 0 Å². The summed E-state index contributed by atoms with van der Waals surface area (Å²) in [6.07, 6.45) is 0. The first kappa shape index (κ1) is 17.1. The van der Waals surface area contributed by atoms with Gasteiger partial charge in [-0.1, -0.05) is 48.5 Å². The van der Waals surface area contributed by atoms with Crippen LogP contribution in [0.1, 0.15) is 15.9 Å². The molecule has 4 aromatic rings. The molecule has 0 fully saturated rings. The van der Waals surface area contributed by atoms with E-state index in [0.717, 1.165) is 10.9 Å². The Kier molecular flexibility index (Phi) is 4.42. The summed E-state index contributed by atoms with van der Waals surface area (Å²) in [5.74, 6) is 0.425. The zero-order chi connectivity index (χ0) is 18.3. The van der Waals surface area contributed by atoms with Crippen molar-refractivity contribution < 1.29 is 14.3 Å². The normalized spacial score (nSPS) is 11.0. The molecule has 0 saturated heterocycles. The van der Waals surface area contributed by atoms with Gasteiger partial charge in [0.1, 0.15) is 17.1 Å². The predicted octanol–water partition coefficient (Wildman–Crippen LogP) is 6.56. The number of para-hydroxylation sites is 1. The maximum Gasteiger partial charge on any atom is 0.197 e. The van der Waals surface area contributed by atoms with Crippen LogP contribution in [0.2, 0.25) is 0 Å². The Morgan fingerprint density at radius 2 is 1.50 bits per heavy atom. The zero-order valence-electron chi connectivity index (χ0n) is 13.4. The molecule has 0 aliphatic heterocycles. The van der Waals surface area contributed by atoms with E-state index >= 15 is 0 Å². The summed E-state index contributed by atoms with van der Waals surface area (Å²) in [5, 5.41) is 10.7. The van der Waals surface area contributed by atoms with Crippen LogP contribution in [0.5, 0.6) is 5.75 Å². The molecule has 0 radical (unpaired) electrons. The molecule has 1 N–H and O–H groups in total. The molecule has 0 saturated carbocycles. The van der Waals surface area contributed by atoms with Gasteiger partial charge in [-0.2, -0.15) is 0 Å². The van der Waals surface area contributed by atoms with Gasteiger partial charge in [0.05, 0.1) is 14.5 Å². The summed E-state index contributed by atoms with van der Waals surface area (Å²) in [6.45, 7) is 0. The number of ketones is 1. The van der Waals surface area contributed by atoms with Gasteiger partial charge in [0, 0.05) is 16.5 Å². The van der Waals surface area contributed by atoms with Crippen molar-refractivity contribution in [3.63, 3.8) is 0 Å². The number of benzene rings is 3. The molecule has 0 atom stereocenters. The Morgan fingerprint density at radius 3 is 2.19 bits per heavy atom. The lowest BCUT2D eigenvalue weighted by Gasteiger charge is -2.07. The van der Waals surface area contributed by atoms with Gasteiger partial charge in [-0.3, -0.25) is 4.79 Å². The highest BCUT2D eigenvalue weighted by atomic mass is 79.9. The topological polar surface area (TPSA) is 50.4 Å². The van der Waals surface area contributed by atoms with Gasteiger partial charge in [0.2, 0.25) is 0 Å². The Morgan fingerprint density at radius 1 is 0.885 bits per heavy atom. The minimum absolute atomic E-state index is 0.0573. The highest BCUT2D eigenvalue weighted by Gasteiger charge is 2.24. The molecule has 1 aromatic heterocycles. The van der Waals surface area contributed by atoms with Crippen LogP contribution >= 0.6 is 31.9 Å². The highest BCUT2D eigenvalue weighted by molar-refractivity contribution is 9.11. The van der Waals surface area contributed by atoms with Crippen molar-refractivity contribution in [1.29, 1.82) is 0 Å². The Labute approximate surface area is 166 Å². The lowest BCUT2D eigenvalue weighted by molar-refractivity contribution is 0.104. The lowest BCUT2D eigenvalue weighted by atomic mass is 9.97. The van der Waals surface area contributed by atoms with Crippen molar-refractivity contribution in [3.8, 4) is 17.1 Å². The van der Waals surface area contributed by atoms with E-state index in [1.54, 1.807) is 12.1 Å². The number of hydrogen-bond donors (Lipinski definition) is 1. The van der Waals surface area contributed by atoms with E-state index < -0.39 is 0 Å². The summed E-state index contributed by atoms with van der Waals surface area (Å²) in [5.41, 5.74) is 2.46. The average Bonchev–Trinajstić information content (AvgIpc) is 3.05. The second-order valence-electron chi connectivity index (χ2n) is 5.79. The zero-order valence-corrected chi connectivity index (χ0v) is 16.5. The first-order valence-electron chi connectivity index (χ1n) is 7.86. The van der Waals surface area contributed by atoms with Crippen molar-refractivity contribution >= 4 is 48.6 Å². The molecule has 5 heteroatoms. The van der Waals surface area contributed by atoms with Crippen LogP contribution in [-0.2, 0) is 0 Å². The SMILES string of the molecule is O=C(c1cc(Br)c(O)c(Br)c1)c1c(-c2ccccc2)oc2ccccc12. The molecule has 0 amide bonds. The van der Waals surface area contributed by atoms with Crippen molar-refractivity contribution in [2.45, 2.75) is 0 Å². The summed E-state index contributed by atoms with van der Waals surface area (Å²) in [6, 6.07) is 20.3. The lowest BCUT2D eigenvalue weighted by Crippen LogP contribution is -2.02. The molecule has 0 bridgehead atoms. The van der Waals surface area contributed by atoms with Crippen molar-refractivity contribution in [2.75, 3.05) is 0 Å². The average molecular weight is 472 g/mol. The Bertz CT molecular complexity index is 1110. The molecule has 26 heavy (non-hydrogen) atoms. The van der Waals surface area contributed by atoms with Crippen molar-refractivity contribution in [1.82, 2.24) is 0 Å². The first-order valence-corrected chi connectivity index (χ1v) is 9.44. The first-order chi connectivity index (χ1) is 12.6. The van der Waals surface area contributed by atoms with Crippen LogP contribution in [0.15, 0.2) is 80.1 Å². The van der Waals surface area contributed by atoms with Crippen LogP contribution in [-0.4, -0.2) is 10.9 Å². The Balaban J connectivity index is 1.97. The second-order valence-corrected chi connectivity index (χ2v) is 7.49. The second kappa shape index (κ2) is 6.74. The van der Waals surface area contributed by atoms with E-state index in [2.05, 4.69) is 31.9 Å². The molecule has 3 aromatic carbocycles. The number of fused-ring (bicyclic) bond motifs is 1. The van der Waals surface area contributed by atoms with Crippen molar-refractivity contribution in [3.05, 3.63) is 86.8 Å². The number of halogens is 2. The minimum atomic E-state index is -0.171. The highest BCUT2D eigenvalue weighted by Crippen LogP contribution is 2.38. The molecule has 3 nitrogen and oxygen atoms in total. The van der Waals surface area contributed by atoms with Crippen molar-refractivity contribution in [2.24, 2.45) is 0 Å². The molecule has 128 valence electrons. The predicted molar refractivity (Wildman–Crippen MR) is 109 cm³/mol. The molecule has 0 aliphatic rings. The number of phenolic OH excluding ortho intramolecular Hbond substituents is 1. The summed E-state index contributed by atoms with van der Waals surface area (Å²) >= 11 is 6.57. The summed E-state index contributed by atoms with van der Waals surface area (Å²) in [7, 11) is 0. The standard InChI is InChI=1S/C21H12Br2O3/c22-15-10-13(11-16(23)20(15)25)19(24)18-14-8-4-5-9-17(14)26-21(18)12-6-2-1-3-7-12/h1-11,25H. The van der Waals surface area contributed by atoms with E-state index in [1.807, 2.05) is 54.6 Å². The third-order valence-electron chi connectivity index (χ3n) is 4.14. The largest absolute Gasteiger partial charge is 0.506 e. The van der Waals surface area contributed by atoms with Crippen LogP contribution in [0, 0.1) is 0 Å². The Hall–Kier alpha value is -2.37. The van der Waals surface area contributed by atoms with Crippen LogP contribution in [0.4, 0.5) is 0 Å². The van der Waals surface area contributed by atoms with E-state index in [-0.39, 0.29) is 11.5 Å². The number of rotatable bonds is 3. The number of aromatic hydroxyl groups is 1. The summed E-state index contributed by atoms with van der Waals surface area (Å²) < 4.78 is 6.92. The van der Waals surface area contributed by atoms with E-state index in [1.165, 1.54) is 0 Å². The number of phenols is 1.